The number of hydrogen-bond donors (Lipinski definition) is 0. The third kappa shape index (κ3) is 3.43. The van der Waals surface area contributed by atoms with Crippen LogP contribution in [0.15, 0.2) is 9.28 Å². The molecule has 2 heterocycles. The van der Waals surface area contributed by atoms with Crippen LogP contribution in [-0.4, -0.2) is 43.8 Å². The Balaban J connectivity index is 2.19. The highest BCUT2D eigenvalue weighted by molar-refractivity contribution is 14.1. The molecule has 1 fully saturated rings. The zero-order valence-corrected chi connectivity index (χ0v) is 19.6. The molecule has 0 aliphatic carbocycles. The number of esters is 1. The lowest BCUT2D eigenvalue weighted by Gasteiger charge is -2.50. The van der Waals surface area contributed by atoms with Gasteiger partial charge in [-0.2, -0.15) is 0 Å². The van der Waals surface area contributed by atoms with Crippen molar-refractivity contribution < 1.29 is 18.8 Å². The summed E-state index contributed by atoms with van der Waals surface area (Å²) in [6.45, 7) is 17.2. The number of carbonyl (C=O) groups excluding carboxylic acids is 2. The second kappa shape index (κ2) is 6.96. The van der Waals surface area contributed by atoms with Gasteiger partial charge in [-0.05, 0) is 54.6 Å². The van der Waals surface area contributed by atoms with E-state index in [1.807, 2.05) is 6.92 Å². The SMILES string of the molecule is CCOC(=O)C1=C(I)[C@@H](C)[C@@H]2[C@@H]([C@@H](C)O[Si](C)(C)C(C)(C)C)C(=O)N12. The Labute approximate surface area is 165 Å². The van der Waals surface area contributed by atoms with Crippen molar-refractivity contribution in [3.05, 3.63) is 9.28 Å². The molecule has 1 saturated heterocycles. The Hall–Kier alpha value is -0.413. The van der Waals surface area contributed by atoms with Gasteiger partial charge in [0.15, 0.2) is 8.32 Å². The molecule has 2 aliphatic heterocycles. The summed E-state index contributed by atoms with van der Waals surface area (Å²) < 4.78 is 12.5. The zero-order chi connectivity index (χ0) is 19.3. The molecule has 142 valence electrons. The van der Waals surface area contributed by atoms with Gasteiger partial charge < -0.3 is 14.1 Å². The third-order valence-corrected chi connectivity index (χ3v) is 11.9. The lowest BCUT2D eigenvalue weighted by Crippen LogP contribution is -2.65. The van der Waals surface area contributed by atoms with Crippen molar-refractivity contribution in [3.63, 3.8) is 0 Å². The third-order valence-electron chi connectivity index (χ3n) is 5.83. The molecule has 7 heteroatoms. The van der Waals surface area contributed by atoms with E-state index in [2.05, 4.69) is 63.4 Å². The molecule has 5 nitrogen and oxygen atoms in total. The number of fused-ring (bicyclic) bond motifs is 1. The van der Waals surface area contributed by atoms with Gasteiger partial charge in [-0.1, -0.05) is 27.7 Å². The molecular formula is C18H30INO4Si. The van der Waals surface area contributed by atoms with Gasteiger partial charge in [0.05, 0.1) is 24.7 Å². The fraction of sp³-hybridized carbons (Fsp3) is 0.778. The Morgan fingerprint density at radius 2 is 1.92 bits per heavy atom. The van der Waals surface area contributed by atoms with Crippen LogP contribution in [0.4, 0.5) is 0 Å². The van der Waals surface area contributed by atoms with Crippen molar-refractivity contribution in [2.75, 3.05) is 6.61 Å². The normalized spacial score (nSPS) is 28.0. The Morgan fingerprint density at radius 3 is 2.40 bits per heavy atom. The first-order chi connectivity index (χ1) is 11.3. The topological polar surface area (TPSA) is 55.8 Å². The van der Waals surface area contributed by atoms with Crippen molar-refractivity contribution in [1.82, 2.24) is 4.90 Å². The first-order valence-electron chi connectivity index (χ1n) is 8.92. The van der Waals surface area contributed by atoms with Gasteiger partial charge in [0.2, 0.25) is 5.91 Å². The highest BCUT2D eigenvalue weighted by Gasteiger charge is 2.60. The minimum Gasteiger partial charge on any atom is -0.461 e. The van der Waals surface area contributed by atoms with Gasteiger partial charge in [-0.3, -0.25) is 4.79 Å². The molecule has 0 aromatic heterocycles. The van der Waals surface area contributed by atoms with Crippen molar-refractivity contribution in [2.24, 2.45) is 11.8 Å². The summed E-state index contributed by atoms with van der Waals surface area (Å²) in [5, 5.41) is 0.0950. The van der Waals surface area contributed by atoms with E-state index in [0.717, 1.165) is 3.58 Å². The first kappa shape index (κ1) is 20.9. The average molecular weight is 479 g/mol. The van der Waals surface area contributed by atoms with Crippen LogP contribution in [0.2, 0.25) is 18.1 Å². The molecule has 2 rings (SSSR count). The maximum atomic E-state index is 12.8. The number of rotatable bonds is 5. The molecular weight excluding hydrogens is 449 g/mol. The fourth-order valence-electron chi connectivity index (χ4n) is 3.40. The van der Waals surface area contributed by atoms with Crippen LogP contribution in [-0.2, 0) is 18.8 Å². The van der Waals surface area contributed by atoms with E-state index in [9.17, 15) is 9.59 Å². The summed E-state index contributed by atoms with van der Waals surface area (Å²) >= 11 is 2.18. The summed E-state index contributed by atoms with van der Waals surface area (Å²) in [6.07, 6.45) is -0.150. The summed E-state index contributed by atoms with van der Waals surface area (Å²) in [6, 6.07) is -0.00132. The van der Waals surface area contributed by atoms with E-state index >= 15 is 0 Å². The maximum Gasteiger partial charge on any atom is 0.355 e. The molecule has 0 aromatic carbocycles. The van der Waals surface area contributed by atoms with E-state index in [1.54, 1.807) is 11.8 Å². The van der Waals surface area contributed by atoms with Crippen LogP contribution in [0.25, 0.3) is 0 Å². The average Bonchev–Trinajstić information content (AvgIpc) is 2.67. The van der Waals surface area contributed by atoms with Crippen LogP contribution >= 0.6 is 22.6 Å². The fourth-order valence-corrected chi connectivity index (χ4v) is 5.67. The van der Waals surface area contributed by atoms with Gasteiger partial charge in [-0.15, -0.1) is 0 Å². The standard InChI is InChI=1S/C18H30INO4Si/c1-9-23-17(22)15-13(19)10(2)14-12(16(21)20(14)15)11(3)24-25(7,8)18(4,5)6/h10-12,14H,9H2,1-8H3/t10-,11-,12-,14-/m1/s1. The summed E-state index contributed by atoms with van der Waals surface area (Å²) in [4.78, 5) is 26.8. The Bertz CT molecular complexity index is 611. The summed E-state index contributed by atoms with van der Waals surface area (Å²) in [5.74, 6) is -0.474. The van der Waals surface area contributed by atoms with Gasteiger partial charge in [0.1, 0.15) is 5.70 Å². The first-order valence-corrected chi connectivity index (χ1v) is 12.9. The number of nitrogens with zero attached hydrogens (tertiary/aromatic N) is 1. The lowest BCUT2D eigenvalue weighted by molar-refractivity contribution is -0.163. The number of carbonyl (C=O) groups is 2. The van der Waals surface area contributed by atoms with Gasteiger partial charge >= 0.3 is 5.97 Å². The van der Waals surface area contributed by atoms with Crippen LogP contribution in [0.1, 0.15) is 41.5 Å². The minimum atomic E-state index is -1.96. The Kier molecular flexibility index (Phi) is 5.81. The molecule has 0 aromatic rings. The molecule has 0 N–H and O–H groups in total. The van der Waals surface area contributed by atoms with Crippen molar-refractivity contribution in [3.8, 4) is 0 Å². The van der Waals surface area contributed by atoms with Crippen LogP contribution < -0.4 is 0 Å². The van der Waals surface area contributed by atoms with E-state index in [1.165, 1.54) is 0 Å². The second-order valence-corrected chi connectivity index (χ2v) is 14.4. The number of hydrogen-bond acceptors (Lipinski definition) is 4. The predicted octanol–water partition coefficient (Wildman–Crippen LogP) is 4.08. The molecule has 0 bridgehead atoms. The molecule has 25 heavy (non-hydrogen) atoms. The van der Waals surface area contributed by atoms with Crippen molar-refractivity contribution in [1.29, 1.82) is 0 Å². The van der Waals surface area contributed by atoms with E-state index in [4.69, 9.17) is 9.16 Å². The highest BCUT2D eigenvalue weighted by atomic mass is 127. The van der Waals surface area contributed by atoms with E-state index in [-0.39, 0.29) is 34.9 Å². The molecule has 2 aliphatic rings. The largest absolute Gasteiger partial charge is 0.461 e. The number of halogens is 1. The smallest absolute Gasteiger partial charge is 0.355 e. The van der Waals surface area contributed by atoms with Gasteiger partial charge in [0.25, 0.3) is 0 Å². The molecule has 4 atom stereocenters. The maximum absolute atomic E-state index is 12.8. The monoisotopic (exact) mass is 479 g/mol. The quantitative estimate of drug-likeness (QED) is 0.258. The summed E-state index contributed by atoms with van der Waals surface area (Å²) in [5.41, 5.74) is 0.431. The Morgan fingerprint density at radius 1 is 1.36 bits per heavy atom. The van der Waals surface area contributed by atoms with Crippen LogP contribution in [0, 0.1) is 11.8 Å². The van der Waals surface area contributed by atoms with E-state index in [0.29, 0.717) is 12.3 Å². The van der Waals surface area contributed by atoms with Crippen LogP contribution in [0.3, 0.4) is 0 Å². The molecule has 1 amide bonds. The number of β-lactam (4-membered cyclic amide) rings is 1. The number of amides is 1. The lowest BCUT2D eigenvalue weighted by atomic mass is 9.79. The second-order valence-electron chi connectivity index (χ2n) is 8.51. The molecule has 0 unspecified atom stereocenters. The van der Waals surface area contributed by atoms with Gasteiger partial charge in [0, 0.05) is 9.50 Å². The van der Waals surface area contributed by atoms with Crippen molar-refractivity contribution in [2.45, 2.75) is 71.8 Å². The molecule has 0 radical (unpaired) electrons. The summed E-state index contributed by atoms with van der Waals surface area (Å²) in [7, 11) is -1.96. The predicted molar refractivity (Wildman–Crippen MR) is 109 cm³/mol. The van der Waals surface area contributed by atoms with Gasteiger partial charge in [-0.25, -0.2) is 4.79 Å². The van der Waals surface area contributed by atoms with Crippen LogP contribution in [0.5, 0.6) is 0 Å². The van der Waals surface area contributed by atoms with E-state index < -0.39 is 14.3 Å². The zero-order valence-electron chi connectivity index (χ0n) is 16.5. The minimum absolute atomic E-state index is 0.00132. The molecule has 0 spiro atoms. The molecule has 0 saturated carbocycles. The number of ether oxygens (including phenoxy) is 1. The van der Waals surface area contributed by atoms with Crippen molar-refractivity contribution >= 4 is 42.8 Å². The highest BCUT2D eigenvalue weighted by Crippen LogP contribution is 2.50.